The first kappa shape index (κ1) is 22.9. The number of methoxy groups -OCH3 is 1. The van der Waals surface area contributed by atoms with Gasteiger partial charge in [-0.05, 0) is 61.4 Å². The molecule has 1 fully saturated rings. The predicted octanol–water partition coefficient (Wildman–Crippen LogP) is 5.50. The Morgan fingerprint density at radius 3 is 2.51 bits per heavy atom. The Bertz CT molecular complexity index is 1340. The molecule has 3 aromatic rings. The Morgan fingerprint density at radius 2 is 1.74 bits per heavy atom. The smallest absolute Gasteiger partial charge is 0.295 e. The molecule has 3 aromatic carbocycles. The Hall–Kier alpha value is -3.86. The standard InChI is InChI=1S/C30H29NO4/c1-19-8-7-12-22(16-19)27-26(28(32)23-15-14-20-9-3-4-10-21(20)17-23)29(33)30(34)31(27)18-24-11-5-6-13-25(24)35-2/h5-8,11-17,27,32H,3-4,9-10,18H2,1-2H3/b28-26-. The number of rotatable bonds is 5. The van der Waals surface area contributed by atoms with Crippen molar-refractivity contribution in [1.82, 2.24) is 4.90 Å². The molecule has 1 N–H and O–H groups in total. The van der Waals surface area contributed by atoms with Crippen molar-refractivity contribution in [1.29, 1.82) is 0 Å². The summed E-state index contributed by atoms with van der Waals surface area (Å²) in [5.41, 5.74) is 5.81. The number of amides is 1. The monoisotopic (exact) mass is 467 g/mol. The number of fused-ring (bicyclic) bond motifs is 1. The molecule has 1 atom stereocenters. The summed E-state index contributed by atoms with van der Waals surface area (Å²) in [6.07, 6.45) is 4.27. The lowest BCUT2D eigenvalue weighted by Gasteiger charge is -2.26. The fourth-order valence-corrected chi connectivity index (χ4v) is 5.28. The topological polar surface area (TPSA) is 66.8 Å². The third-order valence-electron chi connectivity index (χ3n) is 7.05. The molecule has 1 aliphatic heterocycles. The molecule has 5 rings (SSSR count). The zero-order valence-electron chi connectivity index (χ0n) is 20.1. The average Bonchev–Trinajstić information content (AvgIpc) is 3.13. The second-order valence-electron chi connectivity index (χ2n) is 9.34. The van der Waals surface area contributed by atoms with Crippen molar-refractivity contribution < 1.29 is 19.4 Å². The number of Topliss-reactive ketones (excluding diaryl/α,β-unsaturated/α-hetero) is 1. The number of carbonyl (C=O) groups excluding carboxylic acids is 2. The minimum Gasteiger partial charge on any atom is -0.507 e. The van der Waals surface area contributed by atoms with Crippen LogP contribution in [0, 0.1) is 6.92 Å². The van der Waals surface area contributed by atoms with Gasteiger partial charge in [-0.2, -0.15) is 0 Å². The summed E-state index contributed by atoms with van der Waals surface area (Å²) in [5.74, 6) is -0.763. The van der Waals surface area contributed by atoms with Gasteiger partial charge in [0, 0.05) is 11.1 Å². The van der Waals surface area contributed by atoms with E-state index in [1.807, 2.05) is 73.7 Å². The Morgan fingerprint density at radius 1 is 0.971 bits per heavy atom. The number of ketones is 1. The van der Waals surface area contributed by atoms with Crippen molar-refractivity contribution in [2.75, 3.05) is 7.11 Å². The van der Waals surface area contributed by atoms with Gasteiger partial charge in [0.05, 0.1) is 25.3 Å². The van der Waals surface area contributed by atoms with E-state index in [0.717, 1.165) is 36.0 Å². The van der Waals surface area contributed by atoms with Crippen LogP contribution in [0.4, 0.5) is 0 Å². The molecule has 5 nitrogen and oxygen atoms in total. The van der Waals surface area contributed by atoms with Gasteiger partial charge < -0.3 is 14.7 Å². The number of aliphatic hydroxyl groups excluding tert-OH is 1. The first-order chi connectivity index (χ1) is 17.0. The summed E-state index contributed by atoms with van der Waals surface area (Å²) in [4.78, 5) is 28.3. The second kappa shape index (κ2) is 9.41. The molecular weight excluding hydrogens is 438 g/mol. The van der Waals surface area contributed by atoms with Crippen LogP contribution in [0.1, 0.15) is 52.3 Å². The molecule has 178 valence electrons. The molecule has 1 amide bonds. The molecule has 1 unspecified atom stereocenters. The van der Waals surface area contributed by atoms with E-state index in [2.05, 4.69) is 0 Å². The number of hydrogen-bond acceptors (Lipinski definition) is 4. The number of aryl methyl sites for hydroxylation is 3. The molecule has 5 heteroatoms. The van der Waals surface area contributed by atoms with E-state index in [1.165, 1.54) is 17.5 Å². The van der Waals surface area contributed by atoms with E-state index in [-0.39, 0.29) is 17.9 Å². The summed E-state index contributed by atoms with van der Waals surface area (Å²) in [7, 11) is 1.58. The van der Waals surface area contributed by atoms with Crippen molar-refractivity contribution in [2.45, 2.75) is 45.2 Å². The number of ether oxygens (including phenoxy) is 1. The predicted molar refractivity (Wildman–Crippen MR) is 135 cm³/mol. The lowest BCUT2D eigenvalue weighted by Crippen LogP contribution is -2.29. The van der Waals surface area contributed by atoms with Gasteiger partial charge in [0.2, 0.25) is 0 Å². The summed E-state index contributed by atoms with van der Waals surface area (Å²) in [6.45, 7) is 2.16. The van der Waals surface area contributed by atoms with Crippen molar-refractivity contribution in [3.8, 4) is 5.75 Å². The fraction of sp³-hybridized carbons (Fsp3) is 0.267. The van der Waals surface area contributed by atoms with Gasteiger partial charge in [-0.15, -0.1) is 0 Å². The van der Waals surface area contributed by atoms with Gasteiger partial charge in [0.15, 0.2) is 0 Å². The number of hydrogen-bond donors (Lipinski definition) is 1. The average molecular weight is 468 g/mol. The van der Waals surface area contributed by atoms with Gasteiger partial charge in [0.25, 0.3) is 11.7 Å². The maximum Gasteiger partial charge on any atom is 0.295 e. The number of carbonyl (C=O) groups is 2. The van der Waals surface area contributed by atoms with Crippen molar-refractivity contribution in [3.05, 3.63) is 106 Å². The highest BCUT2D eigenvalue weighted by molar-refractivity contribution is 6.46. The zero-order valence-corrected chi connectivity index (χ0v) is 20.1. The number of benzene rings is 3. The maximum atomic E-state index is 13.4. The van der Waals surface area contributed by atoms with Crippen LogP contribution in [0.3, 0.4) is 0 Å². The second-order valence-corrected chi connectivity index (χ2v) is 9.34. The lowest BCUT2D eigenvalue weighted by molar-refractivity contribution is -0.140. The summed E-state index contributed by atoms with van der Waals surface area (Å²) >= 11 is 0. The van der Waals surface area contributed by atoms with E-state index in [9.17, 15) is 14.7 Å². The third kappa shape index (κ3) is 4.23. The summed E-state index contributed by atoms with van der Waals surface area (Å²) in [5, 5.41) is 11.5. The van der Waals surface area contributed by atoms with Crippen molar-refractivity contribution in [2.24, 2.45) is 0 Å². The van der Waals surface area contributed by atoms with E-state index in [1.54, 1.807) is 12.0 Å². The first-order valence-corrected chi connectivity index (χ1v) is 12.1. The Kier molecular flexibility index (Phi) is 6.16. The van der Waals surface area contributed by atoms with Crippen LogP contribution in [-0.2, 0) is 29.0 Å². The van der Waals surface area contributed by atoms with Crippen LogP contribution in [-0.4, -0.2) is 28.8 Å². The lowest BCUT2D eigenvalue weighted by atomic mass is 9.88. The highest BCUT2D eigenvalue weighted by Crippen LogP contribution is 2.41. The maximum absolute atomic E-state index is 13.4. The van der Waals surface area contributed by atoms with Gasteiger partial charge in [-0.1, -0.05) is 60.2 Å². The molecule has 0 saturated carbocycles. The van der Waals surface area contributed by atoms with Crippen LogP contribution >= 0.6 is 0 Å². The van der Waals surface area contributed by atoms with Crippen LogP contribution < -0.4 is 4.74 Å². The van der Waals surface area contributed by atoms with Gasteiger partial charge >= 0.3 is 0 Å². The van der Waals surface area contributed by atoms with E-state index in [4.69, 9.17) is 4.74 Å². The first-order valence-electron chi connectivity index (χ1n) is 12.1. The number of likely N-dealkylation sites (tertiary alicyclic amines) is 1. The molecule has 1 saturated heterocycles. The zero-order chi connectivity index (χ0) is 24.5. The molecular formula is C30H29NO4. The molecule has 1 aliphatic carbocycles. The van der Waals surface area contributed by atoms with Crippen LogP contribution in [0.15, 0.2) is 72.3 Å². The molecule has 0 aromatic heterocycles. The number of nitrogens with zero attached hydrogens (tertiary/aromatic N) is 1. The normalized spacial score (nSPS) is 19.0. The summed E-state index contributed by atoms with van der Waals surface area (Å²) < 4.78 is 5.49. The minimum atomic E-state index is -0.698. The third-order valence-corrected chi connectivity index (χ3v) is 7.05. The van der Waals surface area contributed by atoms with Crippen LogP contribution in [0.2, 0.25) is 0 Å². The molecule has 0 bridgehead atoms. The minimum absolute atomic E-state index is 0.120. The van der Waals surface area contributed by atoms with Gasteiger partial charge in [0.1, 0.15) is 11.5 Å². The number of aliphatic hydroxyl groups is 1. The van der Waals surface area contributed by atoms with E-state index >= 15 is 0 Å². The Labute approximate surface area is 205 Å². The van der Waals surface area contributed by atoms with E-state index in [0.29, 0.717) is 11.3 Å². The van der Waals surface area contributed by atoms with Crippen LogP contribution in [0.25, 0.3) is 5.76 Å². The molecule has 35 heavy (non-hydrogen) atoms. The van der Waals surface area contributed by atoms with Crippen LogP contribution in [0.5, 0.6) is 5.75 Å². The molecule has 2 aliphatic rings. The SMILES string of the molecule is COc1ccccc1CN1C(=O)C(=O)/C(=C(\O)c2ccc3c(c2)CCCC3)C1c1cccc(C)c1. The Balaban J connectivity index is 1.64. The molecule has 0 spiro atoms. The highest BCUT2D eigenvalue weighted by Gasteiger charge is 2.46. The highest BCUT2D eigenvalue weighted by atomic mass is 16.5. The van der Waals surface area contributed by atoms with Gasteiger partial charge in [-0.25, -0.2) is 0 Å². The quantitative estimate of drug-likeness (QED) is 0.306. The van der Waals surface area contributed by atoms with Crippen molar-refractivity contribution in [3.63, 3.8) is 0 Å². The fourth-order valence-electron chi connectivity index (χ4n) is 5.28. The summed E-state index contributed by atoms with van der Waals surface area (Å²) in [6, 6.07) is 20.4. The number of para-hydroxylation sites is 1. The molecule has 1 heterocycles. The van der Waals surface area contributed by atoms with Gasteiger partial charge in [-0.3, -0.25) is 9.59 Å². The molecule has 0 radical (unpaired) electrons. The largest absolute Gasteiger partial charge is 0.507 e. The van der Waals surface area contributed by atoms with Crippen molar-refractivity contribution >= 4 is 17.4 Å². The van der Waals surface area contributed by atoms with E-state index < -0.39 is 17.7 Å².